The van der Waals surface area contributed by atoms with Gasteiger partial charge in [0.25, 0.3) is 0 Å². The molecule has 0 bridgehead atoms. The van der Waals surface area contributed by atoms with E-state index >= 15 is 0 Å². The first-order chi connectivity index (χ1) is 9.70. The van der Waals surface area contributed by atoms with Crippen LogP contribution in [-0.2, 0) is 9.53 Å². The van der Waals surface area contributed by atoms with Gasteiger partial charge in [0.15, 0.2) is 0 Å². The maximum Gasteiger partial charge on any atom is 0.237 e. The lowest BCUT2D eigenvalue weighted by Gasteiger charge is -2.24. The quantitative estimate of drug-likeness (QED) is 0.876. The number of halogens is 1. The fourth-order valence-electron chi connectivity index (χ4n) is 2.44. The summed E-state index contributed by atoms with van der Waals surface area (Å²) >= 11 is 5.91. The minimum absolute atomic E-state index is 0.00823. The summed E-state index contributed by atoms with van der Waals surface area (Å²) in [7, 11) is 1.66. The Balaban J connectivity index is 2.07. The lowest BCUT2D eigenvalue weighted by molar-refractivity contribution is -0.123. The zero-order valence-electron chi connectivity index (χ0n) is 11.7. The topological polar surface area (TPSA) is 50.4 Å². The summed E-state index contributed by atoms with van der Waals surface area (Å²) < 4.78 is 5.27. The largest absolute Gasteiger partial charge is 0.383 e. The molecule has 1 aromatic rings. The Labute approximate surface area is 124 Å². The molecule has 1 aliphatic heterocycles. The summed E-state index contributed by atoms with van der Waals surface area (Å²) in [6.07, 6.45) is 2.95. The number of amides is 1. The van der Waals surface area contributed by atoms with Crippen LogP contribution < -0.4 is 10.6 Å². The molecule has 1 fully saturated rings. The van der Waals surface area contributed by atoms with Crippen LogP contribution in [0.15, 0.2) is 24.3 Å². The van der Waals surface area contributed by atoms with Crippen molar-refractivity contribution in [2.24, 2.45) is 0 Å². The van der Waals surface area contributed by atoms with E-state index in [9.17, 15) is 4.79 Å². The molecule has 1 heterocycles. The van der Waals surface area contributed by atoms with Crippen LogP contribution in [0.3, 0.4) is 0 Å². The first-order valence-electron chi connectivity index (χ1n) is 6.99. The summed E-state index contributed by atoms with van der Waals surface area (Å²) in [5.41, 5.74) is 1.08. The van der Waals surface area contributed by atoms with Crippen molar-refractivity contribution in [3.05, 3.63) is 34.9 Å². The molecule has 0 radical (unpaired) electrons. The van der Waals surface area contributed by atoms with E-state index in [1.165, 1.54) is 0 Å². The van der Waals surface area contributed by atoms with Gasteiger partial charge in [-0.15, -0.1) is 0 Å². The number of hydrogen-bond donors (Lipinski definition) is 2. The Bertz CT molecular complexity index is 436. The summed E-state index contributed by atoms with van der Waals surface area (Å²) in [6, 6.07) is 7.48. The molecule has 4 nitrogen and oxygen atoms in total. The first-order valence-corrected chi connectivity index (χ1v) is 7.36. The molecule has 110 valence electrons. The summed E-state index contributed by atoms with van der Waals surface area (Å²) in [4.78, 5) is 12.0. The standard InChI is InChI=1S/C15H21ClN2O2/c1-20-10-14(11-5-7-12(16)8-6-11)18-13-4-2-3-9-17-15(13)19/h5-8,13-14,18H,2-4,9-10H2,1H3,(H,17,19)/t13-,14+/m0/s1. The number of methoxy groups -OCH3 is 1. The highest BCUT2D eigenvalue weighted by Crippen LogP contribution is 2.19. The number of benzene rings is 1. The smallest absolute Gasteiger partial charge is 0.237 e. The van der Waals surface area contributed by atoms with Gasteiger partial charge in [-0.1, -0.05) is 23.7 Å². The van der Waals surface area contributed by atoms with E-state index < -0.39 is 0 Å². The van der Waals surface area contributed by atoms with Crippen molar-refractivity contribution >= 4 is 17.5 Å². The van der Waals surface area contributed by atoms with Crippen molar-refractivity contribution in [1.29, 1.82) is 0 Å². The van der Waals surface area contributed by atoms with Crippen molar-refractivity contribution in [1.82, 2.24) is 10.6 Å². The van der Waals surface area contributed by atoms with E-state index in [0.29, 0.717) is 11.6 Å². The normalized spacial score (nSPS) is 21.1. The molecule has 5 heteroatoms. The minimum Gasteiger partial charge on any atom is -0.383 e. The SMILES string of the molecule is COC[C@@H](N[C@H]1CCCCNC1=O)c1ccc(Cl)cc1. The minimum atomic E-state index is -0.159. The summed E-state index contributed by atoms with van der Waals surface area (Å²) in [5, 5.41) is 7.05. The Kier molecular flexibility index (Phi) is 5.83. The summed E-state index contributed by atoms with van der Waals surface area (Å²) in [6.45, 7) is 1.29. The van der Waals surface area contributed by atoms with Crippen LogP contribution >= 0.6 is 11.6 Å². The molecular formula is C15H21ClN2O2. The van der Waals surface area contributed by atoms with Gasteiger partial charge in [0.05, 0.1) is 18.7 Å². The maximum atomic E-state index is 12.0. The number of carbonyl (C=O) groups excluding carboxylic acids is 1. The molecule has 2 atom stereocenters. The average Bonchev–Trinajstić information content (AvgIpc) is 2.64. The van der Waals surface area contributed by atoms with E-state index in [1.54, 1.807) is 7.11 Å². The monoisotopic (exact) mass is 296 g/mol. The third kappa shape index (κ3) is 4.20. The molecule has 2 rings (SSSR count). The zero-order valence-corrected chi connectivity index (χ0v) is 12.5. The van der Waals surface area contributed by atoms with Crippen LogP contribution in [-0.4, -0.2) is 32.2 Å². The van der Waals surface area contributed by atoms with Gasteiger partial charge in [-0.25, -0.2) is 0 Å². The van der Waals surface area contributed by atoms with Crippen LogP contribution in [0.5, 0.6) is 0 Å². The van der Waals surface area contributed by atoms with Gasteiger partial charge in [-0.05, 0) is 37.0 Å². The first kappa shape index (κ1) is 15.3. The Morgan fingerprint density at radius 1 is 1.40 bits per heavy atom. The molecule has 20 heavy (non-hydrogen) atoms. The Morgan fingerprint density at radius 2 is 2.15 bits per heavy atom. The van der Waals surface area contributed by atoms with Crippen LogP contribution in [0.2, 0.25) is 5.02 Å². The second kappa shape index (κ2) is 7.62. The van der Waals surface area contributed by atoms with Crippen LogP contribution in [0, 0.1) is 0 Å². The maximum absolute atomic E-state index is 12.0. The Morgan fingerprint density at radius 3 is 2.85 bits per heavy atom. The van der Waals surface area contributed by atoms with E-state index in [4.69, 9.17) is 16.3 Å². The van der Waals surface area contributed by atoms with Crippen LogP contribution in [0.25, 0.3) is 0 Å². The predicted molar refractivity (Wildman–Crippen MR) is 79.9 cm³/mol. The lowest BCUT2D eigenvalue weighted by atomic mass is 10.0. The third-order valence-corrected chi connectivity index (χ3v) is 3.80. The van der Waals surface area contributed by atoms with Gasteiger partial charge in [0.1, 0.15) is 0 Å². The van der Waals surface area contributed by atoms with Gasteiger partial charge in [0.2, 0.25) is 5.91 Å². The number of nitrogens with one attached hydrogen (secondary N) is 2. The summed E-state index contributed by atoms with van der Waals surface area (Å²) in [5.74, 6) is 0.0811. The van der Waals surface area contributed by atoms with Crippen molar-refractivity contribution in [3.8, 4) is 0 Å². The van der Waals surface area contributed by atoms with Crippen LogP contribution in [0.4, 0.5) is 0 Å². The van der Waals surface area contributed by atoms with E-state index in [0.717, 1.165) is 31.4 Å². The fraction of sp³-hybridized carbons (Fsp3) is 0.533. The van der Waals surface area contributed by atoms with Gasteiger partial charge >= 0.3 is 0 Å². The van der Waals surface area contributed by atoms with E-state index in [2.05, 4.69) is 10.6 Å². The molecule has 0 spiro atoms. The van der Waals surface area contributed by atoms with E-state index in [-0.39, 0.29) is 18.0 Å². The fourth-order valence-corrected chi connectivity index (χ4v) is 2.57. The average molecular weight is 297 g/mol. The highest BCUT2D eigenvalue weighted by atomic mass is 35.5. The predicted octanol–water partition coefficient (Wildman–Crippen LogP) is 2.29. The van der Waals surface area contributed by atoms with Gasteiger partial charge in [0, 0.05) is 18.7 Å². The number of hydrogen-bond acceptors (Lipinski definition) is 3. The van der Waals surface area contributed by atoms with Crippen molar-refractivity contribution < 1.29 is 9.53 Å². The Hall–Kier alpha value is -1.10. The number of ether oxygens (including phenoxy) is 1. The molecule has 1 saturated heterocycles. The second-order valence-corrected chi connectivity index (χ2v) is 5.50. The number of rotatable bonds is 5. The number of carbonyl (C=O) groups is 1. The molecule has 1 amide bonds. The highest BCUT2D eigenvalue weighted by Gasteiger charge is 2.24. The van der Waals surface area contributed by atoms with Gasteiger partial charge in [-0.3, -0.25) is 10.1 Å². The van der Waals surface area contributed by atoms with E-state index in [1.807, 2.05) is 24.3 Å². The van der Waals surface area contributed by atoms with Crippen molar-refractivity contribution in [2.45, 2.75) is 31.3 Å². The zero-order chi connectivity index (χ0) is 14.4. The molecule has 2 N–H and O–H groups in total. The molecule has 0 unspecified atom stereocenters. The molecular weight excluding hydrogens is 276 g/mol. The highest BCUT2D eigenvalue weighted by molar-refractivity contribution is 6.30. The molecule has 0 saturated carbocycles. The lowest BCUT2D eigenvalue weighted by Crippen LogP contribution is -2.45. The van der Waals surface area contributed by atoms with Crippen molar-refractivity contribution in [2.75, 3.05) is 20.3 Å². The molecule has 0 aliphatic carbocycles. The van der Waals surface area contributed by atoms with Gasteiger partial charge in [-0.2, -0.15) is 0 Å². The third-order valence-electron chi connectivity index (χ3n) is 3.54. The molecule has 1 aromatic carbocycles. The molecule has 0 aromatic heterocycles. The van der Waals surface area contributed by atoms with Crippen molar-refractivity contribution in [3.63, 3.8) is 0 Å². The second-order valence-electron chi connectivity index (χ2n) is 5.07. The van der Waals surface area contributed by atoms with Gasteiger partial charge < -0.3 is 10.1 Å². The molecule has 1 aliphatic rings. The van der Waals surface area contributed by atoms with Crippen LogP contribution in [0.1, 0.15) is 30.9 Å².